The molecule has 0 radical (unpaired) electrons. The van der Waals surface area contributed by atoms with Gasteiger partial charge in [-0.25, -0.2) is 9.59 Å². The topological polar surface area (TPSA) is 121 Å². The molecule has 0 fully saturated rings. The van der Waals surface area contributed by atoms with Gasteiger partial charge in [0, 0.05) is 11.1 Å². The van der Waals surface area contributed by atoms with E-state index in [2.05, 4.69) is 6.58 Å². The van der Waals surface area contributed by atoms with Gasteiger partial charge in [0.1, 0.15) is 39.8 Å². The summed E-state index contributed by atoms with van der Waals surface area (Å²) in [6, 6.07) is 20.1. The highest BCUT2D eigenvalue weighted by atomic mass is 16.6. The van der Waals surface area contributed by atoms with Gasteiger partial charge >= 0.3 is 11.9 Å². The van der Waals surface area contributed by atoms with E-state index in [4.69, 9.17) is 23.7 Å². The predicted molar refractivity (Wildman–Crippen MR) is 189 cm³/mol. The van der Waals surface area contributed by atoms with Crippen LogP contribution < -0.4 is 18.9 Å². The van der Waals surface area contributed by atoms with Crippen LogP contribution in [-0.2, 0) is 9.53 Å². The van der Waals surface area contributed by atoms with Crippen molar-refractivity contribution in [2.24, 2.45) is 0 Å². The second-order valence-corrected chi connectivity index (χ2v) is 14.9. The fourth-order valence-electron chi connectivity index (χ4n) is 4.65. The first-order valence-corrected chi connectivity index (χ1v) is 16.5. The van der Waals surface area contributed by atoms with Crippen LogP contribution in [0.1, 0.15) is 110 Å². The largest absolute Gasteiger partial charge is 0.488 e. The van der Waals surface area contributed by atoms with Crippen LogP contribution in [0.4, 0.5) is 0 Å². The molecule has 0 aliphatic heterocycles. The lowest BCUT2D eigenvalue weighted by molar-refractivity contribution is -0.152. The van der Waals surface area contributed by atoms with E-state index in [0.717, 1.165) is 0 Å². The fourth-order valence-corrected chi connectivity index (χ4v) is 4.65. The van der Waals surface area contributed by atoms with Crippen LogP contribution in [-0.4, -0.2) is 44.6 Å². The second-order valence-electron chi connectivity index (χ2n) is 14.9. The zero-order chi connectivity index (χ0) is 36.6. The van der Waals surface area contributed by atoms with Crippen LogP contribution >= 0.6 is 0 Å². The van der Waals surface area contributed by atoms with Crippen molar-refractivity contribution >= 4 is 11.9 Å². The minimum atomic E-state index is -1.22. The Labute approximate surface area is 290 Å². The molecule has 3 aromatic carbocycles. The monoisotopic (exact) mass is 676 g/mol. The van der Waals surface area contributed by atoms with Gasteiger partial charge in [0.25, 0.3) is 0 Å². The third-order valence-corrected chi connectivity index (χ3v) is 7.71. The van der Waals surface area contributed by atoms with Gasteiger partial charge in [-0.3, -0.25) is 0 Å². The van der Waals surface area contributed by atoms with Crippen molar-refractivity contribution < 1.29 is 43.5 Å². The second kappa shape index (κ2) is 15.9. The number of aliphatic hydroxyl groups excluding tert-OH is 1. The van der Waals surface area contributed by atoms with Crippen molar-refractivity contribution in [3.8, 4) is 23.0 Å². The van der Waals surface area contributed by atoms with E-state index in [0.29, 0.717) is 65.4 Å². The molecule has 0 amide bonds. The SMILES string of the molecule is C=C(C)C(=O)OC(C)(C)CCC(C)(C)Oc1ccc(C(=O)Oc2ccc(OC(O)c3ccc(OC(C)(C)CCC(C)(C)O)cc3)cc2)cc1. The molecular weight excluding hydrogens is 624 g/mol. The third-order valence-electron chi connectivity index (χ3n) is 7.71. The summed E-state index contributed by atoms with van der Waals surface area (Å²) in [5, 5.41) is 20.7. The quantitative estimate of drug-likeness (QED) is 0.0627. The molecule has 49 heavy (non-hydrogen) atoms. The van der Waals surface area contributed by atoms with E-state index in [1.165, 1.54) is 0 Å². The maximum absolute atomic E-state index is 12.8. The summed E-state index contributed by atoms with van der Waals surface area (Å²) >= 11 is 0. The smallest absolute Gasteiger partial charge is 0.343 e. The van der Waals surface area contributed by atoms with Crippen molar-refractivity contribution in [2.75, 3.05) is 0 Å². The fraction of sp³-hybridized carbons (Fsp3) is 0.450. The number of aliphatic hydroxyl groups is 2. The number of ether oxygens (including phenoxy) is 5. The number of hydrogen-bond acceptors (Lipinski definition) is 9. The average molecular weight is 677 g/mol. The Morgan fingerprint density at radius 3 is 1.57 bits per heavy atom. The molecule has 0 saturated heterocycles. The summed E-state index contributed by atoms with van der Waals surface area (Å²) in [6.07, 6.45) is 1.26. The standard InChI is InChI=1S/C40H52O9/c1-27(2)34(41)49-40(9,10)26-25-39(7,8)48-33-17-13-29(14-18-33)36(43)46-31-21-19-30(20-22-31)45-35(42)28-11-15-32(16-12-28)47-38(5,6)24-23-37(3,4)44/h11-22,35,42,44H,1,23-26H2,2-10H3. The molecular formula is C40H52O9. The minimum absolute atomic E-state index is 0.317. The van der Waals surface area contributed by atoms with Crippen LogP contribution in [0.5, 0.6) is 23.0 Å². The van der Waals surface area contributed by atoms with Gasteiger partial charge < -0.3 is 33.9 Å². The zero-order valence-electron chi connectivity index (χ0n) is 30.3. The molecule has 0 aromatic heterocycles. The molecule has 9 heteroatoms. The summed E-state index contributed by atoms with van der Waals surface area (Å²) in [4.78, 5) is 24.7. The van der Waals surface area contributed by atoms with E-state index in [-0.39, 0.29) is 0 Å². The van der Waals surface area contributed by atoms with Crippen molar-refractivity contribution in [2.45, 2.75) is 117 Å². The van der Waals surface area contributed by atoms with Crippen molar-refractivity contribution in [3.05, 3.63) is 96.1 Å². The molecule has 0 saturated carbocycles. The van der Waals surface area contributed by atoms with Gasteiger partial charge in [-0.15, -0.1) is 0 Å². The highest BCUT2D eigenvalue weighted by molar-refractivity contribution is 5.91. The molecule has 3 aromatic rings. The minimum Gasteiger partial charge on any atom is -0.488 e. The molecule has 3 rings (SSSR count). The lowest BCUT2D eigenvalue weighted by atomic mass is 9.93. The van der Waals surface area contributed by atoms with Gasteiger partial charge in [-0.05, 0) is 161 Å². The first-order chi connectivity index (χ1) is 22.6. The Kier molecular flexibility index (Phi) is 12.7. The van der Waals surface area contributed by atoms with Crippen LogP contribution in [0, 0.1) is 0 Å². The van der Waals surface area contributed by atoms with E-state index < -0.39 is 40.6 Å². The molecule has 0 aliphatic carbocycles. The number of carbonyl (C=O) groups excluding carboxylic acids is 2. The van der Waals surface area contributed by atoms with Crippen LogP contribution in [0.3, 0.4) is 0 Å². The van der Waals surface area contributed by atoms with Crippen molar-refractivity contribution in [3.63, 3.8) is 0 Å². The van der Waals surface area contributed by atoms with Crippen LogP contribution in [0.25, 0.3) is 0 Å². The highest BCUT2D eigenvalue weighted by Gasteiger charge is 2.29. The normalized spacial score (nSPS) is 12.9. The van der Waals surface area contributed by atoms with Crippen LogP contribution in [0.2, 0.25) is 0 Å². The van der Waals surface area contributed by atoms with Gasteiger partial charge in [0.15, 0.2) is 0 Å². The maximum Gasteiger partial charge on any atom is 0.343 e. The molecule has 1 unspecified atom stereocenters. The molecule has 0 heterocycles. The molecule has 9 nitrogen and oxygen atoms in total. The van der Waals surface area contributed by atoms with E-state index in [1.807, 2.05) is 41.5 Å². The summed E-state index contributed by atoms with van der Waals surface area (Å²) in [6.45, 7) is 20.4. The first kappa shape index (κ1) is 39.1. The molecule has 2 N–H and O–H groups in total. The van der Waals surface area contributed by atoms with Crippen molar-refractivity contribution in [1.82, 2.24) is 0 Å². The van der Waals surface area contributed by atoms with E-state index in [9.17, 15) is 19.8 Å². The lowest BCUT2D eigenvalue weighted by Gasteiger charge is -2.32. The summed E-state index contributed by atoms with van der Waals surface area (Å²) in [5.41, 5.74) is -1.22. The number of carbonyl (C=O) groups is 2. The highest BCUT2D eigenvalue weighted by Crippen LogP contribution is 2.30. The molecule has 0 bridgehead atoms. The molecule has 0 spiro atoms. The first-order valence-electron chi connectivity index (χ1n) is 16.5. The Morgan fingerprint density at radius 2 is 1.08 bits per heavy atom. The summed E-state index contributed by atoms with van der Waals surface area (Å²) in [7, 11) is 0. The summed E-state index contributed by atoms with van der Waals surface area (Å²) < 4.78 is 29.0. The van der Waals surface area contributed by atoms with E-state index in [1.54, 1.807) is 93.6 Å². The van der Waals surface area contributed by atoms with E-state index >= 15 is 0 Å². The Morgan fingerprint density at radius 1 is 0.653 bits per heavy atom. The Hall–Kier alpha value is -4.34. The molecule has 0 aliphatic rings. The zero-order valence-corrected chi connectivity index (χ0v) is 30.3. The third kappa shape index (κ3) is 13.6. The van der Waals surface area contributed by atoms with Crippen LogP contribution in [0.15, 0.2) is 84.9 Å². The van der Waals surface area contributed by atoms with Crippen molar-refractivity contribution in [1.29, 1.82) is 0 Å². The lowest BCUT2D eigenvalue weighted by Crippen LogP contribution is -2.34. The number of hydrogen-bond donors (Lipinski definition) is 2. The predicted octanol–water partition coefficient (Wildman–Crippen LogP) is 8.52. The van der Waals surface area contributed by atoms with Gasteiger partial charge in [0.2, 0.25) is 6.29 Å². The average Bonchev–Trinajstić information content (AvgIpc) is 3.00. The number of benzene rings is 3. The van der Waals surface area contributed by atoms with Gasteiger partial charge in [0.05, 0.1) is 11.2 Å². The Balaban J connectivity index is 1.49. The molecule has 1 atom stereocenters. The summed E-state index contributed by atoms with van der Waals surface area (Å²) in [5.74, 6) is 0.990. The van der Waals surface area contributed by atoms with Gasteiger partial charge in [-0.1, -0.05) is 6.58 Å². The number of esters is 2. The molecule has 266 valence electrons. The number of rotatable bonds is 17. The maximum atomic E-state index is 12.8. The van der Waals surface area contributed by atoms with Gasteiger partial charge in [-0.2, -0.15) is 0 Å². The Bertz CT molecular complexity index is 1550.